The third-order valence-corrected chi connectivity index (χ3v) is 6.47. The lowest BCUT2D eigenvalue weighted by atomic mass is 10.1. The van der Waals surface area contributed by atoms with E-state index in [4.69, 9.17) is 23.2 Å². The first-order valence-electron chi connectivity index (χ1n) is 10.4. The number of sulfonamides is 1. The van der Waals surface area contributed by atoms with Gasteiger partial charge in [0, 0.05) is 17.1 Å². The zero-order chi connectivity index (χ0) is 25.8. The normalized spacial score (nSPS) is 12.7. The number of hydrogen-bond donors (Lipinski definition) is 1. The molecule has 0 fully saturated rings. The molecule has 0 bridgehead atoms. The maximum absolute atomic E-state index is 13.4. The quantitative estimate of drug-likeness (QED) is 0.552. The molecule has 0 radical (unpaired) electrons. The fourth-order valence-corrected chi connectivity index (χ4v) is 4.40. The minimum atomic E-state index is -3.95. The molecule has 0 aliphatic rings. The fourth-order valence-electron chi connectivity index (χ4n) is 3.11. The van der Waals surface area contributed by atoms with Crippen LogP contribution < -0.4 is 9.62 Å². The van der Waals surface area contributed by atoms with Crippen molar-refractivity contribution in [3.05, 3.63) is 63.9 Å². The van der Waals surface area contributed by atoms with Gasteiger partial charge < -0.3 is 10.2 Å². The van der Waals surface area contributed by atoms with Gasteiger partial charge in [0.2, 0.25) is 21.8 Å². The standard InChI is InChI=1S/C23H28Cl2FN3O4S/c1-15(22(31)27-23(2,3)4)28(13-16-6-9-18(26)10-7-16)21(30)14-29(34(5,32)33)20-12-17(24)8-11-19(20)25/h6-12,15H,13-14H2,1-5H3,(H,27,31)/t15-/m1/s1. The van der Waals surface area contributed by atoms with E-state index >= 15 is 0 Å². The molecular weight excluding hydrogens is 504 g/mol. The second-order valence-electron chi connectivity index (χ2n) is 8.93. The van der Waals surface area contributed by atoms with Crippen molar-refractivity contribution in [1.29, 1.82) is 0 Å². The number of nitrogens with zero attached hydrogens (tertiary/aromatic N) is 2. The summed E-state index contributed by atoms with van der Waals surface area (Å²) in [6.07, 6.45) is 0.942. The predicted octanol–water partition coefficient (Wildman–Crippen LogP) is 4.23. The number of benzene rings is 2. The van der Waals surface area contributed by atoms with E-state index in [0.717, 1.165) is 10.6 Å². The maximum atomic E-state index is 13.4. The average Bonchev–Trinajstić information content (AvgIpc) is 2.70. The van der Waals surface area contributed by atoms with Gasteiger partial charge in [0.05, 0.1) is 17.0 Å². The van der Waals surface area contributed by atoms with Crippen molar-refractivity contribution in [3.8, 4) is 0 Å². The Bertz CT molecular complexity index is 1150. The summed E-state index contributed by atoms with van der Waals surface area (Å²) >= 11 is 12.2. The van der Waals surface area contributed by atoms with Gasteiger partial charge in [0.1, 0.15) is 18.4 Å². The summed E-state index contributed by atoms with van der Waals surface area (Å²) in [4.78, 5) is 27.5. The van der Waals surface area contributed by atoms with Gasteiger partial charge in [-0.2, -0.15) is 0 Å². The highest BCUT2D eigenvalue weighted by Crippen LogP contribution is 2.31. The Morgan fingerprint density at radius 1 is 1.09 bits per heavy atom. The van der Waals surface area contributed by atoms with E-state index in [1.807, 2.05) is 0 Å². The molecule has 2 aromatic rings. The van der Waals surface area contributed by atoms with Crippen LogP contribution in [0.25, 0.3) is 0 Å². The van der Waals surface area contributed by atoms with Crippen molar-refractivity contribution in [2.45, 2.75) is 45.8 Å². The van der Waals surface area contributed by atoms with Crippen molar-refractivity contribution >= 4 is 50.7 Å². The number of anilines is 1. The lowest BCUT2D eigenvalue weighted by Gasteiger charge is -2.33. The number of carbonyl (C=O) groups is 2. The summed E-state index contributed by atoms with van der Waals surface area (Å²) in [6, 6.07) is 8.79. The number of amides is 2. The largest absolute Gasteiger partial charge is 0.350 e. The molecule has 2 aromatic carbocycles. The maximum Gasteiger partial charge on any atom is 0.244 e. The van der Waals surface area contributed by atoms with Crippen LogP contribution in [0, 0.1) is 5.82 Å². The fraction of sp³-hybridized carbons (Fsp3) is 0.391. The third kappa shape index (κ3) is 7.85. The first-order chi connectivity index (χ1) is 15.6. The van der Waals surface area contributed by atoms with E-state index in [9.17, 15) is 22.4 Å². The molecule has 2 amide bonds. The molecule has 0 saturated heterocycles. The minimum absolute atomic E-state index is 0.0403. The molecule has 2 rings (SSSR count). The van der Waals surface area contributed by atoms with Crippen LogP contribution in [-0.2, 0) is 26.2 Å². The lowest BCUT2D eigenvalue weighted by molar-refractivity contribution is -0.140. The Labute approximate surface area is 209 Å². The number of halogens is 3. The Morgan fingerprint density at radius 2 is 1.68 bits per heavy atom. The monoisotopic (exact) mass is 531 g/mol. The van der Waals surface area contributed by atoms with Gasteiger partial charge in [-0.15, -0.1) is 0 Å². The molecule has 0 unspecified atom stereocenters. The smallest absolute Gasteiger partial charge is 0.244 e. The number of rotatable bonds is 8. The molecule has 1 atom stereocenters. The first-order valence-corrected chi connectivity index (χ1v) is 13.0. The number of hydrogen-bond acceptors (Lipinski definition) is 4. The van der Waals surface area contributed by atoms with Crippen molar-refractivity contribution in [3.63, 3.8) is 0 Å². The van der Waals surface area contributed by atoms with Crippen LogP contribution in [0.3, 0.4) is 0 Å². The number of nitrogens with one attached hydrogen (secondary N) is 1. The molecule has 34 heavy (non-hydrogen) atoms. The Morgan fingerprint density at radius 3 is 2.21 bits per heavy atom. The van der Waals surface area contributed by atoms with E-state index in [2.05, 4.69) is 5.32 Å². The summed E-state index contributed by atoms with van der Waals surface area (Å²) < 4.78 is 39.4. The van der Waals surface area contributed by atoms with Crippen LogP contribution in [-0.4, -0.2) is 49.5 Å². The highest BCUT2D eigenvalue weighted by atomic mass is 35.5. The van der Waals surface area contributed by atoms with Crippen LogP contribution in [0.15, 0.2) is 42.5 Å². The van der Waals surface area contributed by atoms with Gasteiger partial charge in [-0.05, 0) is 63.6 Å². The van der Waals surface area contributed by atoms with E-state index in [1.165, 1.54) is 47.4 Å². The number of carbonyl (C=O) groups excluding carboxylic acids is 2. The van der Waals surface area contributed by atoms with E-state index in [1.54, 1.807) is 27.7 Å². The van der Waals surface area contributed by atoms with E-state index in [-0.39, 0.29) is 22.3 Å². The van der Waals surface area contributed by atoms with E-state index in [0.29, 0.717) is 5.56 Å². The Balaban J connectivity index is 2.44. The molecular formula is C23H28Cl2FN3O4S. The molecule has 7 nitrogen and oxygen atoms in total. The molecule has 11 heteroatoms. The van der Waals surface area contributed by atoms with Crippen LogP contribution in [0.4, 0.5) is 10.1 Å². The lowest BCUT2D eigenvalue weighted by Crippen LogP contribution is -2.54. The SMILES string of the molecule is C[C@H](C(=O)NC(C)(C)C)N(Cc1ccc(F)cc1)C(=O)CN(c1cc(Cl)ccc1Cl)S(C)(=O)=O. The molecule has 0 aliphatic heterocycles. The molecule has 186 valence electrons. The van der Waals surface area contributed by atoms with Gasteiger partial charge in [0.25, 0.3) is 0 Å². The summed E-state index contributed by atoms with van der Waals surface area (Å²) in [7, 11) is -3.95. The predicted molar refractivity (Wildman–Crippen MR) is 133 cm³/mol. The van der Waals surface area contributed by atoms with Gasteiger partial charge in [-0.25, -0.2) is 12.8 Å². The van der Waals surface area contributed by atoms with Gasteiger partial charge >= 0.3 is 0 Å². The summed E-state index contributed by atoms with van der Waals surface area (Å²) in [5.74, 6) is -1.52. The van der Waals surface area contributed by atoms with Gasteiger partial charge in [-0.1, -0.05) is 35.3 Å². The minimum Gasteiger partial charge on any atom is -0.350 e. The Kier molecular flexibility index (Phi) is 8.96. The molecule has 0 heterocycles. The molecule has 0 saturated carbocycles. The van der Waals surface area contributed by atoms with Crippen LogP contribution in [0.5, 0.6) is 0 Å². The summed E-state index contributed by atoms with van der Waals surface area (Å²) in [5, 5.41) is 3.14. The molecule has 0 aromatic heterocycles. The molecule has 1 N–H and O–H groups in total. The van der Waals surface area contributed by atoms with Crippen molar-refractivity contribution in [2.75, 3.05) is 17.1 Å². The second kappa shape index (κ2) is 10.9. The van der Waals surface area contributed by atoms with Crippen LogP contribution in [0.1, 0.15) is 33.3 Å². The highest BCUT2D eigenvalue weighted by Gasteiger charge is 2.32. The zero-order valence-electron chi connectivity index (χ0n) is 19.6. The van der Waals surface area contributed by atoms with Gasteiger partial charge in [0.15, 0.2) is 0 Å². The molecule has 0 aliphatic carbocycles. The van der Waals surface area contributed by atoms with Crippen molar-refractivity contribution in [1.82, 2.24) is 10.2 Å². The third-order valence-electron chi connectivity index (χ3n) is 4.79. The van der Waals surface area contributed by atoms with E-state index < -0.39 is 45.8 Å². The Hall–Kier alpha value is -2.36. The van der Waals surface area contributed by atoms with Gasteiger partial charge in [-0.3, -0.25) is 13.9 Å². The summed E-state index contributed by atoms with van der Waals surface area (Å²) in [6.45, 7) is 6.29. The zero-order valence-corrected chi connectivity index (χ0v) is 21.9. The van der Waals surface area contributed by atoms with Crippen LogP contribution in [0.2, 0.25) is 10.0 Å². The first kappa shape index (κ1) is 27.9. The topological polar surface area (TPSA) is 86.8 Å². The van der Waals surface area contributed by atoms with Crippen LogP contribution >= 0.6 is 23.2 Å². The molecule has 0 spiro atoms. The van der Waals surface area contributed by atoms with Crippen molar-refractivity contribution in [2.24, 2.45) is 0 Å². The average molecular weight is 532 g/mol. The highest BCUT2D eigenvalue weighted by molar-refractivity contribution is 7.92. The van der Waals surface area contributed by atoms with Crippen molar-refractivity contribution < 1.29 is 22.4 Å². The summed E-state index contributed by atoms with van der Waals surface area (Å²) in [5.41, 5.74) is 0.0543. The second-order valence-corrected chi connectivity index (χ2v) is 11.7.